The molecule has 0 aliphatic carbocycles. The third kappa shape index (κ3) is 4.46. The predicted octanol–water partition coefficient (Wildman–Crippen LogP) is 2.78. The van der Waals surface area contributed by atoms with Crippen molar-refractivity contribution in [2.24, 2.45) is 0 Å². The van der Waals surface area contributed by atoms with Crippen LogP contribution in [0.5, 0.6) is 0 Å². The molecular weight excluding hydrogens is 248 g/mol. The fraction of sp³-hybridized carbons (Fsp3) is 0.200. The largest absolute Gasteiger partial charge is 0.450 e. The van der Waals surface area contributed by atoms with Crippen molar-refractivity contribution in [3.8, 4) is 0 Å². The van der Waals surface area contributed by atoms with Crippen LogP contribution in [0.4, 0.5) is 10.5 Å². The summed E-state index contributed by atoms with van der Waals surface area (Å²) < 4.78 is 4.67. The van der Waals surface area contributed by atoms with E-state index in [1.54, 1.807) is 31.2 Å². The maximum atomic E-state index is 11.0. The maximum absolute atomic E-state index is 11.0. The summed E-state index contributed by atoms with van der Waals surface area (Å²) in [6.07, 6.45) is -0.575. The number of carbonyl (C=O) groups excluding carboxylic acids is 1. The molecule has 0 unspecified atom stereocenters. The van der Waals surface area contributed by atoms with Gasteiger partial charge in [-0.1, -0.05) is 11.6 Å². The summed E-state index contributed by atoms with van der Waals surface area (Å²) in [5.74, 6) is 0. The van der Waals surface area contributed by atoms with Gasteiger partial charge in [0.15, 0.2) is 5.11 Å². The minimum atomic E-state index is -0.575. The van der Waals surface area contributed by atoms with Crippen LogP contribution in [0.15, 0.2) is 24.3 Å². The van der Waals surface area contributed by atoms with Gasteiger partial charge in [-0.25, -0.2) is 4.79 Å². The molecule has 86 valence electrons. The quantitative estimate of drug-likeness (QED) is 0.801. The minimum Gasteiger partial charge on any atom is -0.450 e. The van der Waals surface area contributed by atoms with Gasteiger partial charge in [0.05, 0.1) is 6.61 Å². The lowest BCUT2D eigenvalue weighted by Crippen LogP contribution is -2.34. The van der Waals surface area contributed by atoms with Crippen LogP contribution in [0.1, 0.15) is 6.92 Å². The number of ether oxygens (including phenoxy) is 1. The number of anilines is 1. The van der Waals surface area contributed by atoms with E-state index in [0.29, 0.717) is 11.6 Å². The zero-order valence-electron chi connectivity index (χ0n) is 8.62. The Balaban J connectivity index is 2.45. The first kappa shape index (κ1) is 12.7. The van der Waals surface area contributed by atoms with Gasteiger partial charge in [0, 0.05) is 10.7 Å². The van der Waals surface area contributed by atoms with Crippen molar-refractivity contribution in [2.75, 3.05) is 11.9 Å². The number of alkyl carbamates (subject to hydrolysis) is 1. The molecule has 0 aliphatic heterocycles. The van der Waals surface area contributed by atoms with E-state index in [-0.39, 0.29) is 5.11 Å². The first-order valence-electron chi connectivity index (χ1n) is 4.62. The molecule has 6 heteroatoms. The Morgan fingerprint density at radius 2 is 2.06 bits per heavy atom. The molecular formula is C10H11ClN2O2S. The average Bonchev–Trinajstić information content (AvgIpc) is 2.21. The number of hydrogen-bond donors (Lipinski definition) is 2. The number of rotatable bonds is 2. The number of halogens is 1. The van der Waals surface area contributed by atoms with Gasteiger partial charge >= 0.3 is 6.09 Å². The second-order valence-corrected chi connectivity index (χ2v) is 3.65. The first-order chi connectivity index (χ1) is 7.61. The summed E-state index contributed by atoms with van der Waals surface area (Å²) in [4.78, 5) is 11.0. The second-order valence-electron chi connectivity index (χ2n) is 2.81. The van der Waals surface area contributed by atoms with Crippen LogP contribution in [0.25, 0.3) is 0 Å². The van der Waals surface area contributed by atoms with E-state index < -0.39 is 6.09 Å². The van der Waals surface area contributed by atoms with Gasteiger partial charge in [0.1, 0.15) is 0 Å². The molecule has 0 radical (unpaired) electrons. The van der Waals surface area contributed by atoms with Crippen molar-refractivity contribution in [3.05, 3.63) is 29.3 Å². The van der Waals surface area contributed by atoms with E-state index in [2.05, 4.69) is 15.4 Å². The van der Waals surface area contributed by atoms with E-state index in [0.717, 1.165) is 5.69 Å². The van der Waals surface area contributed by atoms with Gasteiger partial charge in [-0.15, -0.1) is 0 Å². The standard InChI is InChI=1S/C10H11ClN2O2S/c1-2-15-10(14)13-9(16)12-8-5-3-7(11)4-6-8/h3-6H,2H2,1H3,(H2,12,13,14,16). The van der Waals surface area contributed by atoms with E-state index in [9.17, 15) is 4.79 Å². The fourth-order valence-electron chi connectivity index (χ4n) is 0.955. The summed E-state index contributed by atoms with van der Waals surface area (Å²) in [6, 6.07) is 6.94. The molecule has 1 amide bonds. The van der Waals surface area contributed by atoms with Crippen LogP contribution in [0.2, 0.25) is 5.02 Å². The molecule has 0 saturated carbocycles. The normalized spacial score (nSPS) is 9.38. The summed E-state index contributed by atoms with van der Waals surface area (Å²) >= 11 is 10.6. The maximum Gasteiger partial charge on any atom is 0.413 e. The second kappa shape index (κ2) is 6.30. The van der Waals surface area contributed by atoms with Crippen LogP contribution in [-0.4, -0.2) is 17.8 Å². The van der Waals surface area contributed by atoms with Crippen LogP contribution in [-0.2, 0) is 4.74 Å². The lowest BCUT2D eigenvalue weighted by Gasteiger charge is -2.09. The number of thiocarbonyl (C=S) groups is 1. The molecule has 1 aromatic carbocycles. The number of amides is 1. The topological polar surface area (TPSA) is 50.4 Å². The minimum absolute atomic E-state index is 0.181. The predicted molar refractivity (Wildman–Crippen MR) is 67.8 cm³/mol. The smallest absolute Gasteiger partial charge is 0.413 e. The van der Waals surface area contributed by atoms with Crippen molar-refractivity contribution in [1.82, 2.24) is 5.32 Å². The van der Waals surface area contributed by atoms with Crippen molar-refractivity contribution in [1.29, 1.82) is 0 Å². The number of nitrogens with one attached hydrogen (secondary N) is 2. The van der Waals surface area contributed by atoms with Gasteiger partial charge < -0.3 is 10.1 Å². The Kier molecular flexibility index (Phi) is 5.01. The lowest BCUT2D eigenvalue weighted by molar-refractivity contribution is 0.158. The third-order valence-corrected chi connectivity index (χ3v) is 2.05. The van der Waals surface area contributed by atoms with Crippen molar-refractivity contribution >= 4 is 40.7 Å². The third-order valence-electron chi connectivity index (χ3n) is 1.59. The van der Waals surface area contributed by atoms with Gasteiger partial charge in [0.25, 0.3) is 0 Å². The molecule has 16 heavy (non-hydrogen) atoms. The van der Waals surface area contributed by atoms with Crippen LogP contribution in [0, 0.1) is 0 Å². The average molecular weight is 259 g/mol. The van der Waals surface area contributed by atoms with Crippen molar-refractivity contribution in [3.63, 3.8) is 0 Å². The number of hydrogen-bond acceptors (Lipinski definition) is 3. The molecule has 0 atom stereocenters. The van der Waals surface area contributed by atoms with E-state index in [1.165, 1.54) is 0 Å². The highest BCUT2D eigenvalue weighted by molar-refractivity contribution is 7.80. The van der Waals surface area contributed by atoms with Gasteiger partial charge in [-0.2, -0.15) is 0 Å². The molecule has 0 saturated heterocycles. The molecule has 0 fully saturated rings. The Labute approximate surface area is 104 Å². The Bertz CT molecular complexity index is 381. The zero-order chi connectivity index (χ0) is 12.0. The highest BCUT2D eigenvalue weighted by atomic mass is 35.5. The number of carbonyl (C=O) groups is 1. The Morgan fingerprint density at radius 1 is 1.44 bits per heavy atom. The molecule has 0 aliphatic rings. The van der Waals surface area contributed by atoms with Gasteiger partial charge in [-0.3, -0.25) is 5.32 Å². The molecule has 4 nitrogen and oxygen atoms in total. The van der Waals surface area contributed by atoms with E-state index >= 15 is 0 Å². The molecule has 0 spiro atoms. The molecule has 2 N–H and O–H groups in total. The van der Waals surface area contributed by atoms with Gasteiger partial charge in [-0.05, 0) is 43.4 Å². The summed E-state index contributed by atoms with van der Waals surface area (Å²) in [6.45, 7) is 2.02. The zero-order valence-corrected chi connectivity index (χ0v) is 10.2. The summed E-state index contributed by atoms with van der Waals surface area (Å²) in [5, 5.41) is 6.00. The van der Waals surface area contributed by atoms with E-state index in [4.69, 9.17) is 23.8 Å². The summed E-state index contributed by atoms with van der Waals surface area (Å²) in [5.41, 5.74) is 0.742. The van der Waals surface area contributed by atoms with Crippen LogP contribution in [0.3, 0.4) is 0 Å². The first-order valence-corrected chi connectivity index (χ1v) is 5.40. The Hall–Kier alpha value is -1.33. The monoisotopic (exact) mass is 258 g/mol. The van der Waals surface area contributed by atoms with Crippen LogP contribution >= 0.6 is 23.8 Å². The number of benzene rings is 1. The molecule has 0 heterocycles. The fourth-order valence-corrected chi connectivity index (χ4v) is 1.28. The summed E-state index contributed by atoms with van der Waals surface area (Å²) in [7, 11) is 0. The highest BCUT2D eigenvalue weighted by Gasteiger charge is 2.04. The molecule has 0 bridgehead atoms. The van der Waals surface area contributed by atoms with Crippen molar-refractivity contribution < 1.29 is 9.53 Å². The SMILES string of the molecule is CCOC(=O)NC(=S)Nc1ccc(Cl)cc1. The van der Waals surface area contributed by atoms with E-state index in [1.807, 2.05) is 0 Å². The van der Waals surface area contributed by atoms with Crippen molar-refractivity contribution in [2.45, 2.75) is 6.92 Å². The Morgan fingerprint density at radius 3 is 2.62 bits per heavy atom. The van der Waals surface area contributed by atoms with Crippen LogP contribution < -0.4 is 10.6 Å². The molecule has 0 aromatic heterocycles. The van der Waals surface area contributed by atoms with Gasteiger partial charge in [0.2, 0.25) is 0 Å². The highest BCUT2D eigenvalue weighted by Crippen LogP contribution is 2.12. The molecule has 1 aromatic rings. The lowest BCUT2D eigenvalue weighted by atomic mass is 10.3. The molecule has 1 rings (SSSR count).